The number of alkyl halides is 3. The minimum absolute atomic E-state index is 0.221. The third-order valence-corrected chi connectivity index (χ3v) is 4.02. The van der Waals surface area contributed by atoms with Crippen LogP contribution in [0.15, 0.2) is 30.3 Å². The quantitative estimate of drug-likeness (QED) is 0.828. The van der Waals surface area contributed by atoms with Gasteiger partial charge in [-0.05, 0) is 5.56 Å². The first-order valence-electron chi connectivity index (χ1n) is 4.87. The molecule has 0 unspecified atom stereocenters. The highest BCUT2D eigenvalue weighted by atomic mass is 35.5. The molecule has 0 radical (unpaired) electrons. The molecule has 1 N–H and O–H groups in total. The zero-order valence-corrected chi connectivity index (χ0v) is 10.6. The van der Waals surface area contributed by atoms with Gasteiger partial charge in [-0.2, -0.15) is 0 Å². The van der Waals surface area contributed by atoms with Crippen LogP contribution in [0.2, 0.25) is 0 Å². The standard InChI is InChI=1S/C11H10Cl3NO/c12-6-8-9(7-4-2-1-3-5-7)15-10(16)11(8,13)14/h1-5,8-9H,6H2,(H,15,16)/t8-,9-/m1/s1. The maximum atomic E-state index is 11.6. The average molecular weight is 279 g/mol. The van der Waals surface area contributed by atoms with Crippen molar-refractivity contribution in [3.05, 3.63) is 35.9 Å². The Labute approximate surface area is 109 Å². The van der Waals surface area contributed by atoms with E-state index in [1.165, 1.54) is 0 Å². The lowest BCUT2D eigenvalue weighted by Gasteiger charge is -2.21. The summed E-state index contributed by atoms with van der Waals surface area (Å²) in [4.78, 5) is 11.6. The molecule has 1 amide bonds. The van der Waals surface area contributed by atoms with Gasteiger partial charge in [0.25, 0.3) is 5.91 Å². The summed E-state index contributed by atoms with van der Waals surface area (Å²) in [5.74, 6) is -0.478. The molecule has 5 heteroatoms. The van der Waals surface area contributed by atoms with Crippen LogP contribution in [0.1, 0.15) is 11.6 Å². The summed E-state index contributed by atoms with van der Waals surface area (Å²) in [6.45, 7) is 0. The molecule has 2 atom stereocenters. The van der Waals surface area contributed by atoms with E-state index in [1.807, 2.05) is 30.3 Å². The molecular weight excluding hydrogens is 268 g/mol. The van der Waals surface area contributed by atoms with E-state index in [2.05, 4.69) is 5.32 Å². The summed E-state index contributed by atoms with van der Waals surface area (Å²) < 4.78 is -1.44. The van der Waals surface area contributed by atoms with Crippen LogP contribution in [0, 0.1) is 5.92 Å². The van der Waals surface area contributed by atoms with Gasteiger partial charge in [0.1, 0.15) is 0 Å². The third-order valence-electron chi connectivity index (χ3n) is 2.78. The molecule has 0 aliphatic carbocycles. The van der Waals surface area contributed by atoms with Crippen molar-refractivity contribution < 1.29 is 4.79 Å². The maximum Gasteiger partial charge on any atom is 0.257 e. The number of amides is 1. The second kappa shape index (κ2) is 4.44. The highest BCUT2D eigenvalue weighted by Crippen LogP contribution is 2.44. The van der Waals surface area contributed by atoms with E-state index in [4.69, 9.17) is 34.8 Å². The van der Waals surface area contributed by atoms with Gasteiger partial charge in [0.2, 0.25) is 4.33 Å². The summed E-state index contributed by atoms with van der Waals surface area (Å²) in [5, 5.41) is 2.77. The number of hydrogen-bond acceptors (Lipinski definition) is 1. The fraction of sp³-hybridized carbons (Fsp3) is 0.364. The van der Waals surface area contributed by atoms with Crippen molar-refractivity contribution in [2.24, 2.45) is 5.92 Å². The first-order chi connectivity index (χ1) is 7.57. The molecule has 16 heavy (non-hydrogen) atoms. The minimum atomic E-state index is -1.44. The SMILES string of the molecule is O=C1N[C@H](c2ccccc2)[C@@H](CCl)C1(Cl)Cl. The molecule has 1 heterocycles. The normalized spacial score (nSPS) is 27.8. The predicted octanol–water partition coefficient (Wildman–Crippen LogP) is 2.89. The van der Waals surface area contributed by atoms with Crippen molar-refractivity contribution >= 4 is 40.7 Å². The number of carbonyl (C=O) groups excluding carboxylic acids is 1. The van der Waals surface area contributed by atoms with Crippen LogP contribution < -0.4 is 5.32 Å². The van der Waals surface area contributed by atoms with Crippen LogP contribution in [0.25, 0.3) is 0 Å². The van der Waals surface area contributed by atoms with Gasteiger partial charge in [0, 0.05) is 11.8 Å². The number of rotatable bonds is 2. The van der Waals surface area contributed by atoms with Crippen LogP contribution >= 0.6 is 34.8 Å². The predicted molar refractivity (Wildman–Crippen MR) is 66.0 cm³/mol. The smallest absolute Gasteiger partial charge is 0.257 e. The lowest BCUT2D eigenvalue weighted by molar-refractivity contribution is -0.120. The fourth-order valence-corrected chi connectivity index (χ4v) is 2.96. The van der Waals surface area contributed by atoms with E-state index < -0.39 is 4.33 Å². The van der Waals surface area contributed by atoms with Crippen molar-refractivity contribution in [3.63, 3.8) is 0 Å². The summed E-state index contributed by atoms with van der Waals surface area (Å²) in [7, 11) is 0. The van der Waals surface area contributed by atoms with Crippen molar-refractivity contribution in [2.45, 2.75) is 10.4 Å². The van der Waals surface area contributed by atoms with Crippen molar-refractivity contribution in [2.75, 3.05) is 5.88 Å². The van der Waals surface area contributed by atoms with E-state index in [-0.39, 0.29) is 23.7 Å². The number of nitrogens with one attached hydrogen (secondary N) is 1. The highest BCUT2D eigenvalue weighted by molar-refractivity contribution is 6.59. The summed E-state index contributed by atoms with van der Waals surface area (Å²) in [6.07, 6.45) is 0. The molecule has 2 nitrogen and oxygen atoms in total. The third kappa shape index (κ3) is 1.90. The first-order valence-corrected chi connectivity index (χ1v) is 6.16. The second-order valence-corrected chi connectivity index (χ2v) is 5.44. The average Bonchev–Trinajstić information content (AvgIpc) is 2.51. The number of benzene rings is 1. The van der Waals surface area contributed by atoms with Crippen LogP contribution in [-0.4, -0.2) is 16.1 Å². The van der Waals surface area contributed by atoms with Gasteiger partial charge in [0.05, 0.1) is 6.04 Å². The van der Waals surface area contributed by atoms with E-state index >= 15 is 0 Å². The lowest BCUT2D eigenvalue weighted by Crippen LogP contribution is -2.31. The Hall–Kier alpha value is -0.440. The molecule has 0 spiro atoms. The van der Waals surface area contributed by atoms with Gasteiger partial charge in [-0.1, -0.05) is 53.5 Å². The number of halogens is 3. The minimum Gasteiger partial charge on any atom is -0.346 e. The molecule has 1 fully saturated rings. The zero-order chi connectivity index (χ0) is 11.8. The summed E-state index contributed by atoms with van der Waals surface area (Å²) in [6, 6.07) is 9.32. The molecule has 0 aromatic heterocycles. The molecule has 0 bridgehead atoms. The molecule has 1 aliphatic rings. The van der Waals surface area contributed by atoms with E-state index in [1.54, 1.807) is 0 Å². The molecular formula is C11H10Cl3NO. The van der Waals surface area contributed by atoms with Crippen LogP contribution in [0.3, 0.4) is 0 Å². The first kappa shape index (κ1) is 12.0. The van der Waals surface area contributed by atoms with Crippen molar-refractivity contribution in [1.29, 1.82) is 0 Å². The molecule has 1 aliphatic heterocycles. The van der Waals surface area contributed by atoms with E-state index in [0.29, 0.717) is 0 Å². The summed E-state index contributed by atoms with van der Waals surface area (Å²) >= 11 is 17.8. The van der Waals surface area contributed by atoms with Crippen molar-refractivity contribution in [3.8, 4) is 0 Å². The lowest BCUT2D eigenvalue weighted by atomic mass is 9.95. The molecule has 2 rings (SSSR count). The Morgan fingerprint density at radius 2 is 1.88 bits per heavy atom. The molecule has 1 aromatic rings. The van der Waals surface area contributed by atoms with Crippen molar-refractivity contribution in [1.82, 2.24) is 5.32 Å². The Morgan fingerprint density at radius 3 is 2.44 bits per heavy atom. The number of hydrogen-bond donors (Lipinski definition) is 1. The number of carbonyl (C=O) groups is 1. The molecule has 0 saturated carbocycles. The fourth-order valence-electron chi connectivity index (χ4n) is 1.88. The molecule has 1 saturated heterocycles. The zero-order valence-electron chi connectivity index (χ0n) is 8.29. The highest BCUT2D eigenvalue weighted by Gasteiger charge is 2.53. The van der Waals surface area contributed by atoms with Crippen LogP contribution in [0.5, 0.6) is 0 Å². The molecule has 86 valence electrons. The summed E-state index contributed by atoms with van der Waals surface area (Å²) in [5.41, 5.74) is 0.963. The monoisotopic (exact) mass is 277 g/mol. The van der Waals surface area contributed by atoms with Gasteiger partial charge < -0.3 is 5.32 Å². The molecule has 1 aromatic carbocycles. The Balaban J connectivity index is 2.34. The van der Waals surface area contributed by atoms with Crippen LogP contribution in [0.4, 0.5) is 0 Å². The Morgan fingerprint density at radius 1 is 1.25 bits per heavy atom. The van der Waals surface area contributed by atoms with Gasteiger partial charge in [0.15, 0.2) is 0 Å². The topological polar surface area (TPSA) is 29.1 Å². The second-order valence-electron chi connectivity index (χ2n) is 3.75. The van der Waals surface area contributed by atoms with Gasteiger partial charge in [-0.25, -0.2) is 0 Å². The van der Waals surface area contributed by atoms with E-state index in [0.717, 1.165) is 5.56 Å². The van der Waals surface area contributed by atoms with Crippen LogP contribution in [-0.2, 0) is 4.79 Å². The van der Waals surface area contributed by atoms with E-state index in [9.17, 15) is 4.79 Å². The van der Waals surface area contributed by atoms with Gasteiger partial charge in [-0.15, -0.1) is 11.6 Å². The largest absolute Gasteiger partial charge is 0.346 e. The Kier molecular flexibility index (Phi) is 3.34. The Bertz CT molecular complexity index is 393. The van der Waals surface area contributed by atoms with Gasteiger partial charge in [-0.3, -0.25) is 4.79 Å². The maximum absolute atomic E-state index is 11.6. The van der Waals surface area contributed by atoms with Gasteiger partial charge >= 0.3 is 0 Å².